The monoisotopic (exact) mass is 393 g/mol. The number of halogens is 2. The molecule has 0 aliphatic carbocycles. The first-order chi connectivity index (χ1) is 13.9. The van der Waals surface area contributed by atoms with Crippen molar-refractivity contribution in [2.45, 2.75) is 13.8 Å². The molecule has 0 aliphatic rings. The second-order valence-electron chi connectivity index (χ2n) is 6.52. The van der Waals surface area contributed by atoms with E-state index in [0.29, 0.717) is 34.0 Å². The van der Waals surface area contributed by atoms with Crippen LogP contribution < -0.4 is 5.32 Å². The minimum Gasteiger partial charge on any atom is -0.322 e. The van der Waals surface area contributed by atoms with E-state index in [1.54, 1.807) is 59.8 Å². The normalized spacial score (nSPS) is 10.9. The van der Waals surface area contributed by atoms with E-state index in [-0.39, 0.29) is 5.82 Å². The number of anilines is 1. The maximum Gasteiger partial charge on any atom is 0.259 e. The number of hydrogen-bond acceptors (Lipinski definition) is 3. The Morgan fingerprint density at radius 3 is 2.48 bits per heavy atom. The molecule has 0 unspecified atom stereocenters. The molecule has 2 aromatic carbocycles. The van der Waals surface area contributed by atoms with Gasteiger partial charge in [0.1, 0.15) is 11.6 Å². The highest BCUT2D eigenvalue weighted by Crippen LogP contribution is 2.22. The molecule has 0 fully saturated rings. The highest BCUT2D eigenvalue weighted by atomic mass is 19.1. The second kappa shape index (κ2) is 7.31. The lowest BCUT2D eigenvalue weighted by Gasteiger charge is -2.09. The largest absolute Gasteiger partial charge is 0.322 e. The highest BCUT2D eigenvalue weighted by Gasteiger charge is 2.20. The van der Waals surface area contributed by atoms with Crippen LogP contribution in [0.15, 0.2) is 61.2 Å². The van der Waals surface area contributed by atoms with E-state index in [1.807, 2.05) is 0 Å². The first kappa shape index (κ1) is 18.5. The van der Waals surface area contributed by atoms with Crippen molar-refractivity contribution in [2.24, 2.45) is 0 Å². The van der Waals surface area contributed by atoms with Crippen LogP contribution in [-0.4, -0.2) is 25.2 Å². The Morgan fingerprint density at radius 1 is 1.07 bits per heavy atom. The Bertz CT molecular complexity index is 1180. The molecule has 0 saturated carbocycles. The number of aryl methyl sites for hydroxylation is 1. The summed E-state index contributed by atoms with van der Waals surface area (Å²) in [4.78, 5) is 16.7. The number of carbonyl (C=O) groups excluding carboxylic acids is 1. The molecule has 2 heterocycles. The highest BCUT2D eigenvalue weighted by molar-refractivity contribution is 6.06. The molecule has 2 aromatic heterocycles. The summed E-state index contributed by atoms with van der Waals surface area (Å²) in [5, 5.41) is 7.10. The molecule has 1 amide bonds. The molecule has 8 heteroatoms. The van der Waals surface area contributed by atoms with Crippen molar-refractivity contribution < 1.29 is 13.6 Å². The molecule has 4 rings (SSSR count). The van der Waals surface area contributed by atoms with Gasteiger partial charge in [0.25, 0.3) is 5.91 Å². The Kier molecular flexibility index (Phi) is 4.67. The van der Waals surface area contributed by atoms with Gasteiger partial charge in [-0.2, -0.15) is 5.10 Å². The van der Waals surface area contributed by atoms with Crippen molar-refractivity contribution in [1.82, 2.24) is 19.3 Å². The Labute approximate surface area is 165 Å². The number of nitrogens with one attached hydrogen (secondary N) is 1. The second-order valence-corrected chi connectivity index (χ2v) is 6.52. The van der Waals surface area contributed by atoms with Gasteiger partial charge in [0, 0.05) is 18.1 Å². The average Bonchev–Trinajstić information content (AvgIpc) is 3.31. The van der Waals surface area contributed by atoms with Gasteiger partial charge in [-0.1, -0.05) is 0 Å². The van der Waals surface area contributed by atoms with E-state index in [4.69, 9.17) is 0 Å². The molecular weight excluding hydrogens is 376 g/mol. The standard InChI is InChI=1S/C21H17F2N5O/c1-13-20(14(2)28(26-13)17-6-3-15(22)4-7-17)21(29)25-16-5-8-19(18(23)11-16)27-10-9-24-12-27/h3-12H,1-2H3,(H,25,29). The van der Waals surface area contributed by atoms with E-state index in [0.717, 1.165) is 0 Å². The molecule has 4 aromatic rings. The fourth-order valence-electron chi connectivity index (χ4n) is 3.19. The van der Waals surface area contributed by atoms with Gasteiger partial charge in [-0.3, -0.25) is 4.79 Å². The number of benzene rings is 2. The zero-order valence-corrected chi connectivity index (χ0v) is 15.7. The lowest BCUT2D eigenvalue weighted by atomic mass is 10.1. The van der Waals surface area contributed by atoms with Crippen molar-refractivity contribution >= 4 is 11.6 Å². The van der Waals surface area contributed by atoms with E-state index >= 15 is 0 Å². The van der Waals surface area contributed by atoms with E-state index < -0.39 is 11.7 Å². The summed E-state index contributed by atoms with van der Waals surface area (Å²) in [6.45, 7) is 3.46. The summed E-state index contributed by atoms with van der Waals surface area (Å²) in [6, 6.07) is 10.3. The third kappa shape index (κ3) is 3.52. The summed E-state index contributed by atoms with van der Waals surface area (Å²) in [5.41, 5.74) is 2.79. The number of carbonyl (C=O) groups is 1. The van der Waals surface area contributed by atoms with Crippen LogP contribution in [0, 0.1) is 25.5 Å². The summed E-state index contributed by atoms with van der Waals surface area (Å²) in [7, 11) is 0. The van der Waals surface area contributed by atoms with E-state index in [1.165, 1.54) is 24.5 Å². The van der Waals surface area contributed by atoms with E-state index in [9.17, 15) is 13.6 Å². The van der Waals surface area contributed by atoms with Gasteiger partial charge < -0.3 is 9.88 Å². The van der Waals surface area contributed by atoms with Crippen LogP contribution in [0.5, 0.6) is 0 Å². The summed E-state index contributed by atoms with van der Waals surface area (Å²) >= 11 is 0. The minimum absolute atomic E-state index is 0.324. The van der Waals surface area contributed by atoms with Gasteiger partial charge in [0.15, 0.2) is 0 Å². The quantitative estimate of drug-likeness (QED) is 0.565. The zero-order valence-electron chi connectivity index (χ0n) is 15.7. The van der Waals surface area contributed by atoms with Crippen molar-refractivity contribution in [3.63, 3.8) is 0 Å². The average molecular weight is 393 g/mol. The number of hydrogen-bond donors (Lipinski definition) is 1. The number of amides is 1. The van der Waals surface area contributed by atoms with Crippen LogP contribution in [0.25, 0.3) is 11.4 Å². The maximum atomic E-state index is 14.4. The summed E-state index contributed by atoms with van der Waals surface area (Å²) in [6.07, 6.45) is 4.68. The zero-order chi connectivity index (χ0) is 20.5. The molecule has 29 heavy (non-hydrogen) atoms. The van der Waals surface area contributed by atoms with Crippen LogP contribution in [0.4, 0.5) is 14.5 Å². The Balaban J connectivity index is 1.61. The maximum absolute atomic E-state index is 14.4. The van der Waals surface area contributed by atoms with Crippen molar-refractivity contribution in [1.29, 1.82) is 0 Å². The van der Waals surface area contributed by atoms with Gasteiger partial charge in [0.2, 0.25) is 0 Å². The molecule has 1 N–H and O–H groups in total. The van der Waals surface area contributed by atoms with Crippen LogP contribution in [0.2, 0.25) is 0 Å². The number of nitrogens with zero attached hydrogens (tertiary/aromatic N) is 4. The molecule has 0 saturated heterocycles. The van der Waals surface area contributed by atoms with Crippen molar-refractivity contribution in [3.05, 3.63) is 89.8 Å². The first-order valence-corrected chi connectivity index (χ1v) is 8.85. The third-order valence-corrected chi connectivity index (χ3v) is 4.58. The summed E-state index contributed by atoms with van der Waals surface area (Å²) in [5.74, 6) is -1.24. The lowest BCUT2D eigenvalue weighted by molar-refractivity contribution is 0.102. The third-order valence-electron chi connectivity index (χ3n) is 4.58. The van der Waals surface area contributed by atoms with Crippen LogP contribution in [-0.2, 0) is 0 Å². The molecule has 146 valence electrons. The number of imidazole rings is 1. The van der Waals surface area contributed by atoms with Crippen LogP contribution >= 0.6 is 0 Å². The van der Waals surface area contributed by atoms with Gasteiger partial charge >= 0.3 is 0 Å². The molecule has 6 nitrogen and oxygen atoms in total. The molecule has 0 atom stereocenters. The molecule has 0 spiro atoms. The van der Waals surface area contributed by atoms with Gasteiger partial charge in [0.05, 0.1) is 34.7 Å². The SMILES string of the molecule is Cc1nn(-c2ccc(F)cc2)c(C)c1C(=O)Nc1ccc(-n2ccnc2)c(F)c1. The lowest BCUT2D eigenvalue weighted by Crippen LogP contribution is -2.14. The topological polar surface area (TPSA) is 64.7 Å². The minimum atomic E-state index is -0.490. The van der Waals surface area contributed by atoms with Crippen molar-refractivity contribution in [2.75, 3.05) is 5.32 Å². The summed E-state index contributed by atoms with van der Waals surface area (Å²) < 4.78 is 30.7. The number of aromatic nitrogens is 4. The van der Waals surface area contributed by atoms with Gasteiger partial charge in [-0.05, 0) is 56.3 Å². The molecule has 0 bridgehead atoms. The Hall–Kier alpha value is -3.81. The first-order valence-electron chi connectivity index (χ1n) is 8.85. The van der Waals surface area contributed by atoms with Crippen LogP contribution in [0.1, 0.15) is 21.7 Å². The van der Waals surface area contributed by atoms with E-state index in [2.05, 4.69) is 15.4 Å². The molecule has 0 aliphatic heterocycles. The predicted octanol–water partition coefficient (Wildman–Crippen LogP) is 4.21. The Morgan fingerprint density at radius 2 is 1.83 bits per heavy atom. The molecule has 0 radical (unpaired) electrons. The fraction of sp³-hybridized carbons (Fsp3) is 0.0952. The smallest absolute Gasteiger partial charge is 0.259 e. The van der Waals surface area contributed by atoms with Crippen LogP contribution in [0.3, 0.4) is 0 Å². The van der Waals surface area contributed by atoms with Gasteiger partial charge in [-0.15, -0.1) is 0 Å². The van der Waals surface area contributed by atoms with Crippen molar-refractivity contribution in [3.8, 4) is 11.4 Å². The van der Waals surface area contributed by atoms with Gasteiger partial charge in [-0.25, -0.2) is 18.4 Å². The fourth-order valence-corrected chi connectivity index (χ4v) is 3.19. The molecular formula is C21H17F2N5O. The number of rotatable bonds is 4. The predicted molar refractivity (Wildman–Crippen MR) is 104 cm³/mol.